The minimum Gasteiger partial charge on any atom is -0.460 e. The van der Waals surface area contributed by atoms with Gasteiger partial charge in [0.2, 0.25) is 5.91 Å². The van der Waals surface area contributed by atoms with Gasteiger partial charge >= 0.3 is 12.1 Å². The lowest BCUT2D eigenvalue weighted by Crippen LogP contribution is -2.56. The number of amides is 2. The van der Waals surface area contributed by atoms with Crippen LogP contribution in [0.2, 0.25) is 0 Å². The number of fused-ring (bicyclic) bond motifs is 2. The van der Waals surface area contributed by atoms with Gasteiger partial charge in [-0.05, 0) is 71.7 Å². The fourth-order valence-corrected chi connectivity index (χ4v) is 4.63. The smallest absolute Gasteiger partial charge is 0.421 e. The van der Waals surface area contributed by atoms with Crippen molar-refractivity contribution >= 4 is 29.9 Å². The molecule has 0 saturated heterocycles. The summed E-state index contributed by atoms with van der Waals surface area (Å²) in [4.78, 5) is 53.0. The van der Waals surface area contributed by atoms with Crippen LogP contribution in [0.3, 0.4) is 0 Å². The number of halogens is 1. The van der Waals surface area contributed by atoms with Crippen molar-refractivity contribution < 1.29 is 33.0 Å². The number of hydrogen-bond acceptors (Lipinski definition) is 6. The monoisotopic (exact) mass is 459 g/mol. The van der Waals surface area contributed by atoms with Crippen molar-refractivity contribution in [3.05, 3.63) is 41.7 Å². The third-order valence-electron chi connectivity index (χ3n) is 5.69. The Morgan fingerprint density at radius 2 is 1.79 bits per heavy atom. The van der Waals surface area contributed by atoms with Crippen molar-refractivity contribution in [1.82, 2.24) is 0 Å². The molecule has 0 bridgehead atoms. The van der Waals surface area contributed by atoms with Crippen LogP contribution in [0.15, 0.2) is 30.4 Å². The van der Waals surface area contributed by atoms with Gasteiger partial charge in [-0.1, -0.05) is 12.2 Å². The van der Waals surface area contributed by atoms with Crippen molar-refractivity contribution in [3.8, 4) is 0 Å². The van der Waals surface area contributed by atoms with Gasteiger partial charge in [0.25, 0.3) is 0 Å². The number of nitrogens with zero attached hydrogens (tertiary/aromatic N) is 1. The minimum absolute atomic E-state index is 0.0976. The number of benzene rings is 1. The second kappa shape index (κ2) is 8.39. The van der Waals surface area contributed by atoms with Gasteiger partial charge in [0.1, 0.15) is 23.3 Å². The van der Waals surface area contributed by atoms with Crippen molar-refractivity contribution in [2.75, 3.05) is 4.90 Å². The van der Waals surface area contributed by atoms with Gasteiger partial charge in [-0.15, -0.1) is 0 Å². The molecule has 0 unspecified atom stereocenters. The maximum absolute atomic E-state index is 14.5. The average molecular weight is 460 g/mol. The molecule has 8 heteroatoms. The van der Waals surface area contributed by atoms with Crippen LogP contribution in [0.1, 0.15) is 59.9 Å². The van der Waals surface area contributed by atoms with Gasteiger partial charge in [0, 0.05) is 12.3 Å². The molecule has 178 valence electrons. The van der Waals surface area contributed by atoms with Crippen LogP contribution < -0.4 is 4.90 Å². The van der Waals surface area contributed by atoms with Crippen molar-refractivity contribution in [2.24, 2.45) is 11.8 Å². The average Bonchev–Trinajstić information content (AvgIpc) is 2.90. The van der Waals surface area contributed by atoms with E-state index in [-0.39, 0.29) is 24.1 Å². The predicted molar refractivity (Wildman–Crippen MR) is 119 cm³/mol. The molecule has 7 nitrogen and oxygen atoms in total. The molecule has 1 aromatic carbocycles. The summed E-state index contributed by atoms with van der Waals surface area (Å²) in [6.45, 7) is 10.1. The van der Waals surface area contributed by atoms with Gasteiger partial charge < -0.3 is 14.3 Å². The van der Waals surface area contributed by atoms with E-state index in [0.717, 1.165) is 17.0 Å². The highest BCUT2D eigenvalue weighted by atomic mass is 19.1. The number of aldehydes is 1. The second-order valence-corrected chi connectivity index (χ2v) is 10.4. The van der Waals surface area contributed by atoms with Gasteiger partial charge in [0.15, 0.2) is 0 Å². The van der Waals surface area contributed by atoms with E-state index >= 15 is 0 Å². The SMILES string of the molecule is CC(C)(C)OC(=O)[C@H]1CC=C[C@H](CC=O)[C@]12C(=O)N(C(=O)OC(C)(C)C)c1ccc(F)cc12. The third kappa shape index (κ3) is 4.43. The third-order valence-corrected chi connectivity index (χ3v) is 5.69. The van der Waals surface area contributed by atoms with Crippen molar-refractivity contribution in [3.63, 3.8) is 0 Å². The molecule has 1 spiro atoms. The highest BCUT2D eigenvalue weighted by molar-refractivity contribution is 6.22. The Morgan fingerprint density at radius 1 is 1.15 bits per heavy atom. The molecule has 3 atom stereocenters. The summed E-state index contributed by atoms with van der Waals surface area (Å²) in [6, 6.07) is 3.62. The lowest BCUT2D eigenvalue weighted by Gasteiger charge is -2.42. The molecule has 2 aliphatic rings. The summed E-state index contributed by atoms with van der Waals surface area (Å²) in [6.07, 6.45) is 3.15. The number of allylic oxidation sites excluding steroid dienone is 2. The molecule has 1 aromatic rings. The zero-order valence-corrected chi connectivity index (χ0v) is 19.8. The first-order chi connectivity index (χ1) is 15.2. The predicted octanol–water partition coefficient (Wildman–Crippen LogP) is 4.47. The number of carbonyl (C=O) groups excluding carboxylic acids is 4. The van der Waals surface area contributed by atoms with Gasteiger partial charge in [-0.25, -0.2) is 14.1 Å². The van der Waals surface area contributed by atoms with Crippen LogP contribution in [0, 0.1) is 17.7 Å². The number of hydrogen-bond donors (Lipinski definition) is 0. The first-order valence-electron chi connectivity index (χ1n) is 10.9. The van der Waals surface area contributed by atoms with E-state index < -0.39 is 52.2 Å². The van der Waals surface area contributed by atoms with Crippen LogP contribution in [0.4, 0.5) is 14.9 Å². The molecular formula is C25H30FNO6. The Morgan fingerprint density at radius 3 is 2.36 bits per heavy atom. The number of carbonyl (C=O) groups is 4. The molecule has 0 radical (unpaired) electrons. The van der Waals surface area contributed by atoms with Crippen molar-refractivity contribution in [1.29, 1.82) is 0 Å². The van der Waals surface area contributed by atoms with Crippen LogP contribution in [-0.2, 0) is 29.3 Å². The van der Waals surface area contributed by atoms with Crippen LogP contribution in [0.25, 0.3) is 0 Å². The number of rotatable bonds is 3. The quantitative estimate of drug-likeness (QED) is 0.376. The van der Waals surface area contributed by atoms with Crippen LogP contribution >= 0.6 is 0 Å². The zero-order chi connectivity index (χ0) is 24.8. The Kier molecular flexibility index (Phi) is 6.26. The maximum atomic E-state index is 14.5. The van der Waals surface area contributed by atoms with Crippen LogP contribution in [-0.4, -0.2) is 35.5 Å². The Bertz CT molecular complexity index is 1020. The highest BCUT2D eigenvalue weighted by Crippen LogP contribution is 2.55. The molecule has 0 aromatic heterocycles. The molecule has 1 heterocycles. The molecule has 0 saturated carbocycles. The maximum Gasteiger partial charge on any atom is 0.421 e. The van der Waals surface area contributed by atoms with E-state index in [1.807, 2.05) is 0 Å². The van der Waals surface area contributed by atoms with Gasteiger partial charge in [0.05, 0.1) is 17.0 Å². The van der Waals surface area contributed by atoms with E-state index in [1.165, 1.54) is 6.07 Å². The molecule has 1 aliphatic heterocycles. The summed E-state index contributed by atoms with van der Waals surface area (Å²) in [7, 11) is 0. The lowest BCUT2D eigenvalue weighted by atomic mass is 9.58. The molecule has 0 N–H and O–H groups in total. The van der Waals surface area contributed by atoms with E-state index in [2.05, 4.69) is 0 Å². The molecule has 0 fully saturated rings. The highest BCUT2D eigenvalue weighted by Gasteiger charge is 2.64. The second-order valence-electron chi connectivity index (χ2n) is 10.4. The summed E-state index contributed by atoms with van der Waals surface area (Å²) < 4.78 is 25.6. The summed E-state index contributed by atoms with van der Waals surface area (Å²) in [5, 5.41) is 0. The molecule has 1 aliphatic carbocycles. The Balaban J connectivity index is 2.26. The topological polar surface area (TPSA) is 90.0 Å². The van der Waals surface area contributed by atoms with E-state index in [4.69, 9.17) is 9.47 Å². The summed E-state index contributed by atoms with van der Waals surface area (Å²) in [5.74, 6) is -3.86. The molecule has 3 rings (SSSR count). The molecular weight excluding hydrogens is 429 g/mol. The summed E-state index contributed by atoms with van der Waals surface area (Å²) in [5.41, 5.74) is -3.11. The number of imide groups is 1. The number of esters is 1. The fourth-order valence-electron chi connectivity index (χ4n) is 4.63. The van der Waals surface area contributed by atoms with E-state index in [1.54, 1.807) is 53.7 Å². The fraction of sp³-hybridized carbons (Fsp3) is 0.520. The first kappa shape index (κ1) is 24.6. The minimum atomic E-state index is -1.69. The summed E-state index contributed by atoms with van der Waals surface area (Å²) >= 11 is 0. The van der Waals surface area contributed by atoms with Crippen molar-refractivity contribution in [2.45, 2.75) is 71.0 Å². The van der Waals surface area contributed by atoms with Gasteiger partial charge in [-0.2, -0.15) is 0 Å². The normalized spacial score (nSPS) is 24.6. The Labute approximate surface area is 192 Å². The molecule has 33 heavy (non-hydrogen) atoms. The zero-order valence-electron chi connectivity index (χ0n) is 19.8. The van der Waals surface area contributed by atoms with Crippen LogP contribution in [0.5, 0.6) is 0 Å². The first-order valence-corrected chi connectivity index (χ1v) is 10.9. The largest absolute Gasteiger partial charge is 0.460 e. The Hall–Kier alpha value is -3.03. The van der Waals surface area contributed by atoms with E-state index in [0.29, 0.717) is 6.29 Å². The number of anilines is 1. The molecule has 2 amide bonds. The lowest BCUT2D eigenvalue weighted by molar-refractivity contribution is -0.166. The number of ether oxygens (including phenoxy) is 2. The van der Waals surface area contributed by atoms with Gasteiger partial charge in [-0.3, -0.25) is 9.59 Å². The van der Waals surface area contributed by atoms with E-state index in [9.17, 15) is 23.6 Å². The standard InChI is InChI=1S/C25H30FNO6/c1-23(2,3)32-20(29)17-9-7-8-15(12-13-28)25(17)18-14-16(26)10-11-19(18)27(21(25)30)22(31)33-24(4,5)6/h7-8,10-11,13-15,17H,9,12H2,1-6H3/t15-,17-,25+/m1/s1.